The van der Waals surface area contributed by atoms with Crippen LogP contribution in [-0.4, -0.2) is 37.4 Å². The lowest BCUT2D eigenvalue weighted by Crippen LogP contribution is -2.10. The van der Waals surface area contributed by atoms with Crippen molar-refractivity contribution in [2.24, 2.45) is 5.73 Å². The Labute approximate surface area is 126 Å². The number of fused-ring (bicyclic) bond motifs is 1. The minimum absolute atomic E-state index is 0.436. The van der Waals surface area contributed by atoms with Crippen LogP contribution >= 0.6 is 0 Å². The summed E-state index contributed by atoms with van der Waals surface area (Å²) >= 11 is 0. The van der Waals surface area contributed by atoms with E-state index in [4.69, 9.17) is 12.2 Å². The SMILES string of the molecule is C#CCNc1ncnc2nc[nH]c12.NC(=O)c1cccnc1. The van der Waals surface area contributed by atoms with E-state index in [1.807, 2.05) is 0 Å². The van der Waals surface area contributed by atoms with Crippen LogP contribution in [0.3, 0.4) is 0 Å². The summed E-state index contributed by atoms with van der Waals surface area (Å²) in [6.07, 6.45) is 11.2. The first-order valence-corrected chi connectivity index (χ1v) is 6.23. The number of carbonyl (C=O) groups excluding carboxylic acids is 1. The normalized spacial score (nSPS) is 9.41. The minimum atomic E-state index is -0.442. The quantitative estimate of drug-likeness (QED) is 0.607. The highest BCUT2D eigenvalue weighted by atomic mass is 16.1. The number of nitrogens with zero attached hydrogens (tertiary/aromatic N) is 4. The Bertz CT molecular complexity index is 792. The third-order valence-electron chi connectivity index (χ3n) is 2.53. The summed E-state index contributed by atoms with van der Waals surface area (Å²) in [4.78, 5) is 29.0. The number of terminal acetylenes is 1. The molecular weight excluding hydrogens is 282 g/mol. The molecular formula is C14H13N7O. The van der Waals surface area contributed by atoms with Crippen LogP contribution < -0.4 is 11.1 Å². The maximum absolute atomic E-state index is 10.4. The number of nitrogens with two attached hydrogens (primary N) is 1. The topological polar surface area (TPSA) is 122 Å². The van der Waals surface area contributed by atoms with E-state index in [2.05, 4.69) is 36.2 Å². The van der Waals surface area contributed by atoms with E-state index >= 15 is 0 Å². The maximum Gasteiger partial charge on any atom is 0.250 e. The molecule has 0 spiro atoms. The van der Waals surface area contributed by atoms with Gasteiger partial charge in [-0.25, -0.2) is 15.0 Å². The molecule has 0 fully saturated rings. The second-order valence-corrected chi connectivity index (χ2v) is 3.99. The number of carbonyl (C=O) groups is 1. The standard InChI is InChI=1S/C8H7N5.C6H6N2O/c1-2-3-9-7-6-8(11-4-10-6)13-5-12-7;7-6(9)5-2-1-3-8-4-5/h1,4-5H,3H2,(H2,9,10,11,12,13);1-4H,(H2,7,9). The van der Waals surface area contributed by atoms with Gasteiger partial charge >= 0.3 is 0 Å². The first-order chi connectivity index (χ1) is 10.7. The monoisotopic (exact) mass is 295 g/mol. The van der Waals surface area contributed by atoms with Crippen molar-refractivity contribution in [1.29, 1.82) is 0 Å². The molecule has 3 rings (SSSR count). The number of anilines is 1. The average Bonchev–Trinajstić information content (AvgIpc) is 3.03. The van der Waals surface area contributed by atoms with Crippen molar-refractivity contribution in [3.63, 3.8) is 0 Å². The van der Waals surface area contributed by atoms with Crippen molar-refractivity contribution in [3.05, 3.63) is 42.7 Å². The average molecular weight is 295 g/mol. The number of nitrogens with one attached hydrogen (secondary N) is 2. The van der Waals surface area contributed by atoms with E-state index in [0.717, 1.165) is 5.52 Å². The molecule has 4 N–H and O–H groups in total. The van der Waals surface area contributed by atoms with Crippen LogP contribution in [0.15, 0.2) is 37.2 Å². The highest BCUT2D eigenvalue weighted by Gasteiger charge is 2.03. The predicted octanol–water partition coefficient (Wildman–Crippen LogP) is 0.578. The molecule has 1 amide bonds. The number of hydrogen-bond acceptors (Lipinski definition) is 6. The van der Waals surface area contributed by atoms with Crippen LogP contribution in [-0.2, 0) is 0 Å². The lowest BCUT2D eigenvalue weighted by atomic mass is 10.3. The van der Waals surface area contributed by atoms with E-state index in [-0.39, 0.29) is 0 Å². The van der Waals surface area contributed by atoms with Crippen molar-refractivity contribution in [3.8, 4) is 12.3 Å². The summed E-state index contributed by atoms with van der Waals surface area (Å²) in [6.45, 7) is 0.436. The Balaban J connectivity index is 0.000000172. The third kappa shape index (κ3) is 3.77. The molecule has 3 heterocycles. The van der Waals surface area contributed by atoms with Crippen LogP contribution in [0, 0.1) is 12.3 Å². The van der Waals surface area contributed by atoms with Gasteiger partial charge in [-0.05, 0) is 12.1 Å². The summed E-state index contributed by atoms with van der Waals surface area (Å²) < 4.78 is 0. The van der Waals surface area contributed by atoms with Gasteiger partial charge in [0, 0.05) is 12.4 Å². The highest BCUT2D eigenvalue weighted by Crippen LogP contribution is 2.13. The Morgan fingerprint density at radius 3 is 2.91 bits per heavy atom. The molecule has 22 heavy (non-hydrogen) atoms. The van der Waals surface area contributed by atoms with Gasteiger partial charge in [-0.3, -0.25) is 9.78 Å². The van der Waals surface area contributed by atoms with Gasteiger partial charge in [0.2, 0.25) is 5.91 Å². The molecule has 3 aromatic rings. The van der Waals surface area contributed by atoms with Gasteiger partial charge in [-0.2, -0.15) is 0 Å². The van der Waals surface area contributed by atoms with Crippen molar-refractivity contribution in [2.45, 2.75) is 0 Å². The van der Waals surface area contributed by atoms with E-state index in [1.165, 1.54) is 12.5 Å². The maximum atomic E-state index is 10.4. The summed E-state index contributed by atoms with van der Waals surface area (Å²) in [5.41, 5.74) is 6.79. The zero-order chi connectivity index (χ0) is 15.8. The van der Waals surface area contributed by atoms with Gasteiger partial charge in [0.05, 0.1) is 18.4 Å². The lowest BCUT2D eigenvalue weighted by molar-refractivity contribution is 0.1000. The lowest BCUT2D eigenvalue weighted by Gasteiger charge is -2.00. The largest absolute Gasteiger partial charge is 0.366 e. The fraction of sp³-hybridized carbons (Fsp3) is 0.0714. The van der Waals surface area contributed by atoms with Crippen LogP contribution in [0.1, 0.15) is 10.4 Å². The van der Waals surface area contributed by atoms with Gasteiger partial charge in [0.1, 0.15) is 11.8 Å². The van der Waals surface area contributed by atoms with E-state index < -0.39 is 5.91 Å². The highest BCUT2D eigenvalue weighted by molar-refractivity contribution is 5.92. The van der Waals surface area contributed by atoms with Crippen LogP contribution in [0.2, 0.25) is 0 Å². The third-order valence-corrected chi connectivity index (χ3v) is 2.53. The number of aromatic amines is 1. The van der Waals surface area contributed by atoms with Crippen LogP contribution in [0.4, 0.5) is 5.82 Å². The molecule has 0 atom stereocenters. The van der Waals surface area contributed by atoms with Crippen molar-refractivity contribution in [2.75, 3.05) is 11.9 Å². The molecule has 3 aromatic heterocycles. The number of H-pyrrole nitrogens is 1. The second-order valence-electron chi connectivity index (χ2n) is 3.99. The Kier molecular flexibility index (Phi) is 4.99. The molecule has 8 heteroatoms. The summed E-state index contributed by atoms with van der Waals surface area (Å²) in [5, 5.41) is 2.96. The molecule has 0 saturated carbocycles. The molecule has 0 unspecified atom stereocenters. The molecule has 0 aliphatic rings. The smallest absolute Gasteiger partial charge is 0.250 e. The number of aromatic nitrogens is 5. The molecule has 0 bridgehead atoms. The molecule has 8 nitrogen and oxygen atoms in total. The van der Waals surface area contributed by atoms with Crippen molar-refractivity contribution >= 4 is 22.9 Å². The zero-order valence-corrected chi connectivity index (χ0v) is 11.5. The second kappa shape index (κ2) is 7.35. The molecule has 0 aromatic carbocycles. The Hall–Kier alpha value is -3.47. The van der Waals surface area contributed by atoms with E-state index in [1.54, 1.807) is 24.7 Å². The Morgan fingerprint density at radius 1 is 1.41 bits per heavy atom. The number of amides is 1. The minimum Gasteiger partial charge on any atom is -0.366 e. The number of rotatable bonds is 3. The fourth-order valence-electron chi connectivity index (χ4n) is 1.54. The van der Waals surface area contributed by atoms with Gasteiger partial charge in [0.25, 0.3) is 0 Å². The molecule has 110 valence electrons. The zero-order valence-electron chi connectivity index (χ0n) is 11.5. The number of primary amides is 1. The van der Waals surface area contributed by atoms with Gasteiger partial charge in [-0.1, -0.05) is 5.92 Å². The number of pyridine rings is 1. The van der Waals surface area contributed by atoms with Gasteiger partial charge in [-0.15, -0.1) is 6.42 Å². The molecule has 0 radical (unpaired) electrons. The number of hydrogen-bond donors (Lipinski definition) is 3. The van der Waals surface area contributed by atoms with Crippen LogP contribution in [0.25, 0.3) is 11.2 Å². The first kappa shape index (κ1) is 14.9. The molecule has 0 aliphatic carbocycles. The Morgan fingerprint density at radius 2 is 2.27 bits per heavy atom. The molecule has 0 aliphatic heterocycles. The summed E-state index contributed by atoms with van der Waals surface area (Å²) in [5.74, 6) is 2.71. The first-order valence-electron chi connectivity index (χ1n) is 6.23. The summed E-state index contributed by atoms with van der Waals surface area (Å²) in [6, 6.07) is 3.29. The van der Waals surface area contributed by atoms with Crippen molar-refractivity contribution in [1.82, 2.24) is 24.9 Å². The van der Waals surface area contributed by atoms with Crippen molar-refractivity contribution < 1.29 is 4.79 Å². The van der Waals surface area contributed by atoms with Gasteiger partial charge < -0.3 is 16.0 Å². The van der Waals surface area contributed by atoms with E-state index in [0.29, 0.717) is 23.6 Å². The van der Waals surface area contributed by atoms with Crippen LogP contribution in [0.5, 0.6) is 0 Å². The molecule has 0 saturated heterocycles. The predicted molar refractivity (Wildman–Crippen MR) is 81.8 cm³/mol. The summed E-state index contributed by atoms with van der Waals surface area (Å²) in [7, 11) is 0. The number of imidazole rings is 1. The van der Waals surface area contributed by atoms with Gasteiger partial charge in [0.15, 0.2) is 11.5 Å². The van der Waals surface area contributed by atoms with E-state index in [9.17, 15) is 4.79 Å². The fourth-order valence-corrected chi connectivity index (χ4v) is 1.54.